The average molecular weight is 265 g/mol. The molecule has 0 aliphatic heterocycles. The van der Waals surface area contributed by atoms with Crippen molar-refractivity contribution in [2.45, 2.75) is 26.3 Å². The van der Waals surface area contributed by atoms with Crippen molar-refractivity contribution in [3.8, 4) is 0 Å². The zero-order valence-corrected chi connectivity index (χ0v) is 11.0. The minimum atomic E-state index is -0.450. The summed E-state index contributed by atoms with van der Waals surface area (Å²) in [5.41, 5.74) is 6.22. The molecule has 0 bridgehead atoms. The molecule has 0 spiro atoms. The quantitative estimate of drug-likeness (QED) is 0.577. The molecule has 0 saturated carbocycles. The van der Waals surface area contributed by atoms with Gasteiger partial charge >= 0.3 is 0 Å². The number of hydrogen-bond donors (Lipinski definition) is 2. The Morgan fingerprint density at radius 1 is 1.53 bits per heavy atom. The molecule has 3 N–H and O–H groups in total. The molecule has 1 atom stereocenters. The van der Waals surface area contributed by atoms with E-state index in [4.69, 9.17) is 5.73 Å². The Hall–Kier alpha value is -1.95. The van der Waals surface area contributed by atoms with E-state index in [1.165, 1.54) is 12.1 Å². The SMILES string of the molecule is CC(CN)CCC(=O)NCc1cccc([N+](=O)[O-])c1. The minimum absolute atomic E-state index is 0.0310. The number of carbonyl (C=O) groups is 1. The van der Waals surface area contributed by atoms with E-state index in [2.05, 4.69) is 5.32 Å². The number of hydrogen-bond acceptors (Lipinski definition) is 4. The summed E-state index contributed by atoms with van der Waals surface area (Å²) in [6.45, 7) is 2.86. The monoisotopic (exact) mass is 265 g/mol. The summed E-state index contributed by atoms with van der Waals surface area (Å²) in [6, 6.07) is 6.24. The van der Waals surface area contributed by atoms with Crippen LogP contribution >= 0.6 is 0 Å². The summed E-state index contributed by atoms with van der Waals surface area (Å²) in [5.74, 6) is 0.260. The first-order valence-corrected chi connectivity index (χ1v) is 6.23. The number of benzene rings is 1. The van der Waals surface area contributed by atoms with Crippen LogP contribution in [0.25, 0.3) is 0 Å². The smallest absolute Gasteiger partial charge is 0.269 e. The van der Waals surface area contributed by atoms with Crippen LogP contribution in [0.4, 0.5) is 5.69 Å². The lowest BCUT2D eigenvalue weighted by atomic mass is 10.1. The maximum absolute atomic E-state index is 11.6. The Bertz CT molecular complexity index is 449. The van der Waals surface area contributed by atoms with E-state index in [0.717, 1.165) is 12.0 Å². The third-order valence-corrected chi connectivity index (χ3v) is 2.88. The molecule has 19 heavy (non-hydrogen) atoms. The standard InChI is InChI=1S/C13H19N3O3/c1-10(8-14)5-6-13(17)15-9-11-3-2-4-12(7-11)16(18)19/h2-4,7,10H,5-6,8-9,14H2,1H3,(H,15,17). The van der Waals surface area contributed by atoms with Gasteiger partial charge in [0, 0.05) is 25.1 Å². The normalized spacial score (nSPS) is 11.9. The molecule has 0 aromatic heterocycles. The zero-order chi connectivity index (χ0) is 14.3. The number of carbonyl (C=O) groups excluding carboxylic acids is 1. The van der Waals surface area contributed by atoms with Gasteiger partial charge in [0.2, 0.25) is 5.91 Å². The van der Waals surface area contributed by atoms with Crippen molar-refractivity contribution < 1.29 is 9.72 Å². The Morgan fingerprint density at radius 2 is 2.26 bits per heavy atom. The van der Waals surface area contributed by atoms with E-state index < -0.39 is 4.92 Å². The highest BCUT2D eigenvalue weighted by molar-refractivity contribution is 5.75. The van der Waals surface area contributed by atoms with E-state index >= 15 is 0 Å². The van der Waals surface area contributed by atoms with Gasteiger partial charge in [0.15, 0.2) is 0 Å². The molecule has 0 aliphatic rings. The molecule has 0 heterocycles. The predicted molar refractivity (Wildman–Crippen MR) is 72.4 cm³/mol. The topological polar surface area (TPSA) is 98.3 Å². The van der Waals surface area contributed by atoms with Crippen LogP contribution in [0.15, 0.2) is 24.3 Å². The summed E-state index contributed by atoms with van der Waals surface area (Å²) in [5, 5.41) is 13.4. The lowest BCUT2D eigenvalue weighted by Gasteiger charge is -2.08. The number of rotatable bonds is 7. The molecular weight excluding hydrogens is 246 g/mol. The van der Waals surface area contributed by atoms with Gasteiger partial charge in [-0.2, -0.15) is 0 Å². The third-order valence-electron chi connectivity index (χ3n) is 2.88. The Labute approximate surface area is 112 Å². The van der Waals surface area contributed by atoms with Crippen LogP contribution in [-0.4, -0.2) is 17.4 Å². The van der Waals surface area contributed by atoms with Gasteiger partial charge in [-0.1, -0.05) is 19.1 Å². The lowest BCUT2D eigenvalue weighted by Crippen LogP contribution is -2.24. The van der Waals surface area contributed by atoms with E-state index in [1.54, 1.807) is 12.1 Å². The van der Waals surface area contributed by atoms with Crippen molar-refractivity contribution in [1.29, 1.82) is 0 Å². The first-order chi connectivity index (χ1) is 9.02. The maximum atomic E-state index is 11.6. The van der Waals surface area contributed by atoms with Crippen LogP contribution in [0.2, 0.25) is 0 Å². The van der Waals surface area contributed by atoms with Crippen LogP contribution in [0, 0.1) is 16.0 Å². The van der Waals surface area contributed by atoms with Gasteiger partial charge in [-0.3, -0.25) is 14.9 Å². The van der Waals surface area contributed by atoms with Crippen LogP contribution in [0.1, 0.15) is 25.3 Å². The molecule has 104 valence electrons. The lowest BCUT2D eigenvalue weighted by molar-refractivity contribution is -0.384. The van der Waals surface area contributed by atoms with E-state index in [-0.39, 0.29) is 11.6 Å². The molecular formula is C13H19N3O3. The van der Waals surface area contributed by atoms with Crippen molar-refractivity contribution in [2.24, 2.45) is 11.7 Å². The van der Waals surface area contributed by atoms with Gasteiger partial charge in [0.05, 0.1) is 4.92 Å². The number of nitro groups is 1. The van der Waals surface area contributed by atoms with Crippen LogP contribution < -0.4 is 11.1 Å². The first kappa shape index (κ1) is 15.1. The summed E-state index contributed by atoms with van der Waals surface area (Å²) in [4.78, 5) is 21.7. The second-order valence-corrected chi connectivity index (χ2v) is 4.58. The molecule has 6 nitrogen and oxygen atoms in total. The molecule has 1 amide bonds. The fourth-order valence-corrected chi connectivity index (χ4v) is 1.56. The highest BCUT2D eigenvalue weighted by Gasteiger charge is 2.08. The average Bonchev–Trinajstić information content (AvgIpc) is 2.42. The van der Waals surface area contributed by atoms with Gasteiger partial charge in [-0.15, -0.1) is 0 Å². The van der Waals surface area contributed by atoms with Gasteiger partial charge in [0.25, 0.3) is 5.69 Å². The number of amides is 1. The fraction of sp³-hybridized carbons (Fsp3) is 0.462. The number of nitrogens with one attached hydrogen (secondary N) is 1. The van der Waals surface area contributed by atoms with Crippen molar-refractivity contribution in [2.75, 3.05) is 6.54 Å². The van der Waals surface area contributed by atoms with Crippen LogP contribution in [0.5, 0.6) is 0 Å². The number of nitrogens with zero attached hydrogens (tertiary/aromatic N) is 1. The Morgan fingerprint density at radius 3 is 2.89 bits per heavy atom. The highest BCUT2D eigenvalue weighted by Crippen LogP contribution is 2.12. The maximum Gasteiger partial charge on any atom is 0.269 e. The molecule has 0 radical (unpaired) electrons. The molecule has 6 heteroatoms. The zero-order valence-electron chi connectivity index (χ0n) is 11.0. The summed E-state index contributed by atoms with van der Waals surface area (Å²) >= 11 is 0. The molecule has 0 fully saturated rings. The molecule has 1 aromatic carbocycles. The van der Waals surface area contributed by atoms with Gasteiger partial charge in [0.1, 0.15) is 0 Å². The number of nitrogens with two attached hydrogens (primary N) is 1. The molecule has 0 aliphatic carbocycles. The predicted octanol–water partition coefficient (Wildman–Crippen LogP) is 1.59. The van der Waals surface area contributed by atoms with Crippen molar-refractivity contribution in [1.82, 2.24) is 5.32 Å². The van der Waals surface area contributed by atoms with Crippen molar-refractivity contribution in [3.05, 3.63) is 39.9 Å². The Kier molecular flexibility index (Phi) is 5.95. The highest BCUT2D eigenvalue weighted by atomic mass is 16.6. The van der Waals surface area contributed by atoms with Gasteiger partial charge < -0.3 is 11.1 Å². The largest absolute Gasteiger partial charge is 0.352 e. The van der Waals surface area contributed by atoms with E-state index in [9.17, 15) is 14.9 Å². The summed E-state index contributed by atoms with van der Waals surface area (Å²) in [7, 11) is 0. The second-order valence-electron chi connectivity index (χ2n) is 4.58. The fourth-order valence-electron chi connectivity index (χ4n) is 1.56. The van der Waals surface area contributed by atoms with E-state index in [0.29, 0.717) is 25.4 Å². The third kappa shape index (κ3) is 5.48. The molecule has 1 unspecified atom stereocenters. The van der Waals surface area contributed by atoms with Crippen molar-refractivity contribution in [3.63, 3.8) is 0 Å². The number of non-ortho nitro benzene ring substituents is 1. The molecule has 1 rings (SSSR count). The number of nitro benzene ring substituents is 1. The van der Waals surface area contributed by atoms with Crippen LogP contribution in [-0.2, 0) is 11.3 Å². The van der Waals surface area contributed by atoms with Crippen molar-refractivity contribution >= 4 is 11.6 Å². The molecule has 0 saturated heterocycles. The second kappa shape index (κ2) is 7.48. The first-order valence-electron chi connectivity index (χ1n) is 6.23. The summed E-state index contributed by atoms with van der Waals surface area (Å²) < 4.78 is 0. The van der Waals surface area contributed by atoms with Gasteiger partial charge in [-0.25, -0.2) is 0 Å². The van der Waals surface area contributed by atoms with E-state index in [1.807, 2.05) is 6.92 Å². The van der Waals surface area contributed by atoms with Gasteiger partial charge in [-0.05, 0) is 24.4 Å². The minimum Gasteiger partial charge on any atom is -0.352 e. The summed E-state index contributed by atoms with van der Waals surface area (Å²) in [6.07, 6.45) is 1.17. The van der Waals surface area contributed by atoms with Crippen LogP contribution in [0.3, 0.4) is 0 Å². The molecule has 1 aromatic rings. The Balaban J connectivity index is 2.42.